The number of carbonyl (C=O) groups is 4. The molecule has 10 nitrogen and oxygen atoms in total. The lowest BCUT2D eigenvalue weighted by atomic mass is 9.73. The van der Waals surface area contributed by atoms with Crippen LogP contribution in [0, 0.1) is 6.92 Å². The van der Waals surface area contributed by atoms with Crippen molar-refractivity contribution >= 4 is 29.9 Å². The lowest BCUT2D eigenvalue weighted by Crippen LogP contribution is -2.31. The minimum Gasteiger partial charge on any atom is -0.497 e. The summed E-state index contributed by atoms with van der Waals surface area (Å²) in [5.41, 5.74) is 1.37. The molecule has 0 aliphatic carbocycles. The highest BCUT2D eigenvalue weighted by Crippen LogP contribution is 2.35. The zero-order valence-electron chi connectivity index (χ0n) is 23.9. The van der Waals surface area contributed by atoms with Gasteiger partial charge >= 0.3 is 17.9 Å². The summed E-state index contributed by atoms with van der Waals surface area (Å²) in [6, 6.07) is 20.8. The van der Waals surface area contributed by atoms with Gasteiger partial charge in [0.05, 0.1) is 27.1 Å². The fourth-order valence-corrected chi connectivity index (χ4v) is 4.38. The molecule has 0 fully saturated rings. The highest BCUT2D eigenvalue weighted by atomic mass is 16.5. The van der Waals surface area contributed by atoms with Gasteiger partial charge in [-0.1, -0.05) is 55.5 Å². The first-order valence-electron chi connectivity index (χ1n) is 13.0. The molecule has 1 amide bonds. The molecule has 0 heterocycles. The molecule has 0 bridgehead atoms. The third-order valence-corrected chi connectivity index (χ3v) is 6.62. The number of rotatable bonds is 12. The molecule has 0 saturated carbocycles. The van der Waals surface area contributed by atoms with Crippen molar-refractivity contribution < 1.29 is 44.0 Å². The molecule has 0 saturated heterocycles. The molecular formula is C32H35NO9. The van der Waals surface area contributed by atoms with E-state index in [-0.39, 0.29) is 18.5 Å². The predicted molar refractivity (Wildman–Crippen MR) is 157 cm³/mol. The van der Waals surface area contributed by atoms with Gasteiger partial charge in [0.1, 0.15) is 17.2 Å². The maximum atomic E-state index is 12.2. The number of carbonyl (C=O) groups excluding carboxylic acids is 1. The summed E-state index contributed by atoms with van der Waals surface area (Å²) in [5, 5.41) is 29.8. The number of amides is 1. The molecule has 3 aromatic carbocycles. The van der Waals surface area contributed by atoms with Crippen LogP contribution in [0.1, 0.15) is 53.2 Å². The third-order valence-electron chi connectivity index (χ3n) is 6.62. The zero-order chi connectivity index (χ0) is 31.3. The van der Waals surface area contributed by atoms with Gasteiger partial charge in [-0.3, -0.25) is 14.4 Å². The van der Waals surface area contributed by atoms with Crippen LogP contribution >= 0.6 is 0 Å². The molecule has 0 atom stereocenters. The molecule has 3 rings (SSSR count). The van der Waals surface area contributed by atoms with E-state index in [1.54, 1.807) is 73.7 Å². The van der Waals surface area contributed by atoms with E-state index in [0.717, 1.165) is 11.1 Å². The fraction of sp³-hybridized carbons (Fsp3) is 0.250. The largest absolute Gasteiger partial charge is 0.497 e. The van der Waals surface area contributed by atoms with E-state index in [9.17, 15) is 24.3 Å². The van der Waals surface area contributed by atoms with Gasteiger partial charge in [-0.25, -0.2) is 4.79 Å². The zero-order valence-corrected chi connectivity index (χ0v) is 23.9. The maximum absolute atomic E-state index is 12.2. The van der Waals surface area contributed by atoms with E-state index in [1.807, 2.05) is 13.0 Å². The summed E-state index contributed by atoms with van der Waals surface area (Å²) < 4.78 is 10.5. The van der Waals surface area contributed by atoms with Gasteiger partial charge in [-0.2, -0.15) is 0 Å². The molecule has 0 aliphatic heterocycles. The number of carboxylic acid groups (broad SMARTS) is 3. The molecule has 3 aromatic rings. The number of aliphatic carboxylic acids is 3. The van der Waals surface area contributed by atoms with Gasteiger partial charge in [0.2, 0.25) is 0 Å². The predicted octanol–water partition coefficient (Wildman–Crippen LogP) is 5.15. The normalized spacial score (nSPS) is 11.0. The average Bonchev–Trinajstić information content (AvgIpc) is 2.97. The van der Waals surface area contributed by atoms with Crippen LogP contribution < -0.4 is 14.8 Å². The van der Waals surface area contributed by atoms with E-state index in [1.165, 1.54) is 20.3 Å². The Hall–Kier alpha value is -5.12. The molecule has 0 radical (unpaired) electrons. The molecular weight excluding hydrogens is 542 g/mol. The Bertz CT molecular complexity index is 1400. The molecule has 0 unspecified atom stereocenters. The van der Waals surface area contributed by atoms with Crippen molar-refractivity contribution in [3.05, 3.63) is 101 Å². The van der Waals surface area contributed by atoms with Gasteiger partial charge in [-0.05, 0) is 48.7 Å². The molecule has 0 aliphatic rings. The second kappa shape index (κ2) is 15.6. The van der Waals surface area contributed by atoms with Gasteiger partial charge in [-0.15, -0.1) is 0 Å². The van der Waals surface area contributed by atoms with Gasteiger partial charge in [0.15, 0.2) is 0 Å². The van der Waals surface area contributed by atoms with Gasteiger partial charge < -0.3 is 30.1 Å². The smallest absolute Gasteiger partial charge is 0.352 e. The monoisotopic (exact) mass is 577 g/mol. The Morgan fingerprint density at radius 1 is 0.833 bits per heavy atom. The Kier molecular flexibility index (Phi) is 12.3. The average molecular weight is 578 g/mol. The summed E-state index contributed by atoms with van der Waals surface area (Å²) in [4.78, 5) is 45.7. The summed E-state index contributed by atoms with van der Waals surface area (Å²) in [5.74, 6) is -2.66. The van der Waals surface area contributed by atoms with Crippen molar-refractivity contribution in [3.63, 3.8) is 0 Å². The summed E-state index contributed by atoms with van der Waals surface area (Å²) in [6.07, 6.45) is 1.52. The Balaban J connectivity index is 0.000000317. The molecule has 4 N–H and O–H groups in total. The summed E-state index contributed by atoms with van der Waals surface area (Å²) in [7, 11) is 3.01. The van der Waals surface area contributed by atoms with Crippen LogP contribution in [-0.2, 0) is 19.8 Å². The maximum Gasteiger partial charge on any atom is 0.352 e. The highest BCUT2D eigenvalue weighted by molar-refractivity contribution is 6.03. The van der Waals surface area contributed by atoms with Crippen LogP contribution in [0.15, 0.2) is 78.5 Å². The van der Waals surface area contributed by atoms with Gasteiger partial charge in [0.25, 0.3) is 5.91 Å². The highest BCUT2D eigenvalue weighted by Gasteiger charge is 2.35. The number of carboxylic acids is 3. The van der Waals surface area contributed by atoms with Crippen molar-refractivity contribution in [3.8, 4) is 11.5 Å². The first kappa shape index (κ1) is 33.1. The van der Waals surface area contributed by atoms with Crippen LogP contribution in [0.4, 0.5) is 0 Å². The number of aryl methyl sites for hydroxylation is 1. The van der Waals surface area contributed by atoms with Crippen molar-refractivity contribution in [1.29, 1.82) is 0 Å². The second-order valence-corrected chi connectivity index (χ2v) is 9.38. The number of methoxy groups -OCH3 is 2. The topological polar surface area (TPSA) is 159 Å². The number of ether oxygens (including phenoxy) is 2. The van der Waals surface area contributed by atoms with Crippen molar-refractivity contribution in [2.75, 3.05) is 14.2 Å². The van der Waals surface area contributed by atoms with E-state index in [4.69, 9.17) is 19.7 Å². The first-order valence-corrected chi connectivity index (χ1v) is 13.0. The molecule has 0 spiro atoms. The van der Waals surface area contributed by atoms with Crippen LogP contribution in [0.2, 0.25) is 0 Å². The minimum absolute atomic E-state index is 0.167. The third kappa shape index (κ3) is 9.22. The van der Waals surface area contributed by atoms with Crippen LogP contribution in [0.5, 0.6) is 11.5 Å². The minimum atomic E-state index is -1.25. The Morgan fingerprint density at radius 3 is 1.83 bits per heavy atom. The lowest BCUT2D eigenvalue weighted by Gasteiger charge is -2.30. The van der Waals surface area contributed by atoms with Crippen molar-refractivity contribution in [1.82, 2.24) is 5.32 Å². The van der Waals surface area contributed by atoms with E-state index < -0.39 is 29.2 Å². The van der Waals surface area contributed by atoms with E-state index in [2.05, 4.69) is 5.32 Å². The standard InChI is InChI=1S/C19H19NO5.C13H16O4/c1-12-9-14(24-2)10-17(25-3)15(12)11-16(19(22)23)20-18(21)13-7-5-4-6-8-13;1-2-13(8-11(14)15,9-12(16)17)10-6-4-3-5-7-10/h4-11H,1-3H3,(H,20,21)(H,22,23);3-7H,2,8-9H2,1H3,(H,14,15)(H,16,17). The van der Waals surface area contributed by atoms with E-state index >= 15 is 0 Å². The van der Waals surface area contributed by atoms with Crippen molar-refractivity contribution in [2.24, 2.45) is 0 Å². The second-order valence-electron chi connectivity index (χ2n) is 9.38. The van der Waals surface area contributed by atoms with Crippen LogP contribution in [-0.4, -0.2) is 53.4 Å². The molecule has 42 heavy (non-hydrogen) atoms. The first-order chi connectivity index (χ1) is 20.0. The number of hydrogen-bond acceptors (Lipinski definition) is 6. The summed E-state index contributed by atoms with van der Waals surface area (Å²) >= 11 is 0. The molecule has 10 heteroatoms. The van der Waals surface area contributed by atoms with Crippen molar-refractivity contribution in [2.45, 2.75) is 38.5 Å². The Labute approximate surface area is 244 Å². The summed E-state index contributed by atoms with van der Waals surface area (Å²) in [6.45, 7) is 3.62. The van der Waals surface area contributed by atoms with Crippen LogP contribution in [0.25, 0.3) is 6.08 Å². The van der Waals surface area contributed by atoms with Gasteiger partial charge in [0, 0.05) is 22.6 Å². The van der Waals surface area contributed by atoms with E-state index in [0.29, 0.717) is 29.0 Å². The Morgan fingerprint density at radius 2 is 1.38 bits per heavy atom. The molecule has 0 aromatic heterocycles. The number of nitrogens with one attached hydrogen (secondary N) is 1. The SMILES string of the molecule is CCC(CC(=O)O)(CC(=O)O)c1ccccc1.COc1cc(C)c(C=C(NC(=O)c2ccccc2)C(=O)O)c(OC)c1. The fourth-order valence-electron chi connectivity index (χ4n) is 4.38. The van der Waals surface area contributed by atoms with Crippen LogP contribution in [0.3, 0.4) is 0 Å². The lowest BCUT2D eigenvalue weighted by molar-refractivity contribution is -0.141. The number of benzene rings is 3. The number of hydrogen-bond donors (Lipinski definition) is 4. The quantitative estimate of drug-likeness (QED) is 0.213. The molecule has 222 valence electrons.